The largest absolute Gasteiger partial charge is 0.339 e. The van der Waals surface area contributed by atoms with Crippen molar-refractivity contribution in [1.82, 2.24) is 19.2 Å². The molecule has 0 aliphatic carbocycles. The maximum absolute atomic E-state index is 12.4. The van der Waals surface area contributed by atoms with Crippen molar-refractivity contribution in [3.63, 3.8) is 0 Å². The van der Waals surface area contributed by atoms with E-state index in [9.17, 15) is 13.2 Å². The van der Waals surface area contributed by atoms with Gasteiger partial charge in [0.2, 0.25) is 5.91 Å². The first-order valence-corrected chi connectivity index (χ1v) is 9.41. The van der Waals surface area contributed by atoms with Gasteiger partial charge in [-0.1, -0.05) is 30.3 Å². The maximum Gasteiger partial charge on any atom is 0.260 e. The van der Waals surface area contributed by atoms with Crippen LogP contribution in [0.4, 0.5) is 0 Å². The third-order valence-corrected chi connectivity index (χ3v) is 5.60. The van der Waals surface area contributed by atoms with Crippen molar-refractivity contribution in [2.45, 2.75) is 17.0 Å². The number of hydrogen-bond acceptors (Lipinski definition) is 5. The molecular formula is C16H21N5O3S. The smallest absolute Gasteiger partial charge is 0.260 e. The molecule has 25 heavy (non-hydrogen) atoms. The number of aryl methyl sites for hydroxylation is 1. The molecular weight excluding hydrogens is 342 g/mol. The number of amides is 1. The number of imidazole rings is 1. The molecule has 2 atom stereocenters. The maximum atomic E-state index is 12.4. The van der Waals surface area contributed by atoms with Crippen LogP contribution in [0.2, 0.25) is 0 Å². The average molecular weight is 363 g/mol. The molecule has 1 aliphatic rings. The number of nitrogens with one attached hydrogen (secondary N) is 1. The summed E-state index contributed by atoms with van der Waals surface area (Å²) in [6, 6.07) is 9.61. The topological polar surface area (TPSA) is 110 Å². The van der Waals surface area contributed by atoms with Crippen molar-refractivity contribution >= 4 is 15.9 Å². The van der Waals surface area contributed by atoms with E-state index in [-0.39, 0.29) is 29.4 Å². The number of aromatic nitrogens is 2. The fraction of sp³-hybridized carbons (Fsp3) is 0.375. The van der Waals surface area contributed by atoms with Gasteiger partial charge in [-0.25, -0.2) is 18.1 Å². The Hall–Kier alpha value is -2.23. The Morgan fingerprint density at radius 3 is 2.68 bits per heavy atom. The fourth-order valence-corrected chi connectivity index (χ4v) is 3.91. The monoisotopic (exact) mass is 363 g/mol. The number of rotatable bonds is 5. The highest BCUT2D eigenvalue weighted by Gasteiger charge is 2.34. The predicted molar refractivity (Wildman–Crippen MR) is 92.1 cm³/mol. The number of hydrogen-bond donors (Lipinski definition) is 2. The molecule has 2 heterocycles. The second-order valence-corrected chi connectivity index (χ2v) is 7.90. The van der Waals surface area contributed by atoms with Crippen LogP contribution in [0.3, 0.4) is 0 Å². The summed E-state index contributed by atoms with van der Waals surface area (Å²) in [5, 5.41) is -0.108. The first-order chi connectivity index (χ1) is 11.9. The standard InChI is InChI=1S/C16H21N5O3S/c1-20-10-15(18-11-20)25(23,24)19-7-16(22)21-8-13(14(17)9-21)12-5-3-2-4-6-12/h2-6,10-11,13-14,19H,7-9,17H2,1H3/t13-,14+/m0/s1. The lowest BCUT2D eigenvalue weighted by Crippen LogP contribution is -2.40. The van der Waals surface area contributed by atoms with E-state index in [1.54, 1.807) is 11.9 Å². The zero-order chi connectivity index (χ0) is 18.0. The number of likely N-dealkylation sites (tertiary alicyclic amines) is 1. The molecule has 1 amide bonds. The van der Waals surface area contributed by atoms with Crippen molar-refractivity contribution in [2.24, 2.45) is 12.8 Å². The number of carbonyl (C=O) groups is 1. The van der Waals surface area contributed by atoms with Crippen LogP contribution in [0, 0.1) is 0 Å². The van der Waals surface area contributed by atoms with Crippen LogP contribution < -0.4 is 10.5 Å². The van der Waals surface area contributed by atoms with Crippen molar-refractivity contribution in [1.29, 1.82) is 0 Å². The predicted octanol–water partition coefficient (Wildman–Crippen LogP) is -0.348. The van der Waals surface area contributed by atoms with Crippen molar-refractivity contribution < 1.29 is 13.2 Å². The molecule has 0 bridgehead atoms. The van der Waals surface area contributed by atoms with Gasteiger partial charge in [0.1, 0.15) is 0 Å². The van der Waals surface area contributed by atoms with E-state index in [0.717, 1.165) is 5.56 Å². The van der Waals surface area contributed by atoms with Crippen LogP contribution in [0.5, 0.6) is 0 Å². The number of carbonyl (C=O) groups excluding carboxylic acids is 1. The van der Waals surface area contributed by atoms with Gasteiger partial charge in [-0.05, 0) is 5.56 Å². The highest BCUT2D eigenvalue weighted by molar-refractivity contribution is 7.89. The van der Waals surface area contributed by atoms with Crippen molar-refractivity contribution in [3.8, 4) is 0 Å². The lowest BCUT2D eigenvalue weighted by atomic mass is 9.95. The van der Waals surface area contributed by atoms with Gasteiger partial charge in [-0.3, -0.25) is 4.79 Å². The van der Waals surface area contributed by atoms with Gasteiger partial charge in [-0.2, -0.15) is 0 Å². The molecule has 9 heteroatoms. The van der Waals surface area contributed by atoms with E-state index in [1.807, 2.05) is 30.3 Å². The minimum absolute atomic E-state index is 0.0533. The summed E-state index contributed by atoms with van der Waals surface area (Å²) >= 11 is 0. The molecule has 0 saturated carbocycles. The van der Waals surface area contributed by atoms with Crippen LogP contribution in [-0.2, 0) is 21.9 Å². The van der Waals surface area contributed by atoms with Gasteiger partial charge >= 0.3 is 0 Å². The van der Waals surface area contributed by atoms with E-state index in [4.69, 9.17) is 5.73 Å². The molecule has 3 N–H and O–H groups in total. The molecule has 2 aromatic rings. The molecule has 1 saturated heterocycles. The molecule has 3 rings (SSSR count). The molecule has 8 nitrogen and oxygen atoms in total. The second-order valence-electron chi connectivity index (χ2n) is 6.18. The second kappa shape index (κ2) is 6.95. The fourth-order valence-electron chi connectivity index (χ4n) is 2.96. The normalized spacial score (nSPS) is 20.8. The van der Waals surface area contributed by atoms with Gasteiger partial charge in [-0.15, -0.1) is 0 Å². The van der Waals surface area contributed by atoms with Crippen LogP contribution >= 0.6 is 0 Å². The summed E-state index contributed by atoms with van der Waals surface area (Å²) < 4.78 is 28.1. The molecule has 0 spiro atoms. The lowest BCUT2D eigenvalue weighted by molar-refractivity contribution is -0.128. The molecule has 134 valence electrons. The summed E-state index contributed by atoms with van der Waals surface area (Å²) in [7, 11) is -2.13. The zero-order valence-electron chi connectivity index (χ0n) is 13.9. The van der Waals surface area contributed by atoms with E-state index >= 15 is 0 Å². The van der Waals surface area contributed by atoms with Gasteiger partial charge < -0.3 is 15.2 Å². The van der Waals surface area contributed by atoms with Gasteiger partial charge in [0, 0.05) is 38.3 Å². The van der Waals surface area contributed by atoms with Gasteiger partial charge in [0.15, 0.2) is 5.03 Å². The average Bonchev–Trinajstić information content (AvgIpc) is 3.20. The minimum atomic E-state index is -3.80. The number of benzene rings is 1. The SMILES string of the molecule is Cn1cnc(S(=O)(=O)NCC(=O)N2C[C@@H](N)[C@H](c3ccccc3)C2)c1. The molecule has 1 aliphatic heterocycles. The highest BCUT2D eigenvalue weighted by Crippen LogP contribution is 2.26. The Balaban J connectivity index is 1.61. The number of sulfonamides is 1. The van der Waals surface area contributed by atoms with E-state index in [2.05, 4.69) is 9.71 Å². The van der Waals surface area contributed by atoms with Crippen LogP contribution in [0.15, 0.2) is 47.9 Å². The van der Waals surface area contributed by atoms with E-state index < -0.39 is 10.0 Å². The molecule has 0 unspecified atom stereocenters. The Morgan fingerprint density at radius 2 is 2.04 bits per heavy atom. The summed E-state index contributed by atoms with van der Waals surface area (Å²) in [5.41, 5.74) is 7.25. The zero-order valence-corrected chi connectivity index (χ0v) is 14.7. The first kappa shape index (κ1) is 17.6. The summed E-state index contributed by atoms with van der Waals surface area (Å²) in [6.07, 6.45) is 2.77. The van der Waals surface area contributed by atoms with Crippen LogP contribution in [0.1, 0.15) is 11.5 Å². The van der Waals surface area contributed by atoms with Gasteiger partial charge in [0.25, 0.3) is 10.0 Å². The Kier molecular flexibility index (Phi) is 4.89. The van der Waals surface area contributed by atoms with Crippen molar-refractivity contribution in [3.05, 3.63) is 48.4 Å². The van der Waals surface area contributed by atoms with Crippen LogP contribution in [0.25, 0.3) is 0 Å². The molecule has 1 aromatic carbocycles. The highest BCUT2D eigenvalue weighted by atomic mass is 32.2. The third kappa shape index (κ3) is 3.89. The summed E-state index contributed by atoms with van der Waals surface area (Å²) in [4.78, 5) is 17.8. The van der Waals surface area contributed by atoms with E-state index in [1.165, 1.54) is 17.1 Å². The molecule has 1 fully saturated rings. The Bertz CT molecular complexity index is 850. The first-order valence-electron chi connectivity index (χ1n) is 7.93. The Morgan fingerprint density at radius 1 is 1.32 bits per heavy atom. The lowest BCUT2D eigenvalue weighted by Gasteiger charge is -2.16. The van der Waals surface area contributed by atoms with Crippen LogP contribution in [-0.4, -0.2) is 54.5 Å². The summed E-state index contributed by atoms with van der Waals surface area (Å²) in [6.45, 7) is 0.576. The quantitative estimate of drug-likeness (QED) is 0.755. The van der Waals surface area contributed by atoms with Crippen molar-refractivity contribution in [2.75, 3.05) is 19.6 Å². The molecule has 0 radical (unpaired) electrons. The number of nitrogens with two attached hydrogens (primary N) is 1. The number of nitrogens with zero attached hydrogens (tertiary/aromatic N) is 3. The summed E-state index contributed by atoms with van der Waals surface area (Å²) in [5.74, 6) is -0.245. The minimum Gasteiger partial charge on any atom is -0.339 e. The third-order valence-electron chi connectivity index (χ3n) is 4.32. The van der Waals surface area contributed by atoms with Gasteiger partial charge in [0.05, 0.1) is 12.9 Å². The molecule has 1 aromatic heterocycles. The van der Waals surface area contributed by atoms with E-state index in [0.29, 0.717) is 13.1 Å². The Labute approximate surface area is 146 Å².